The van der Waals surface area contributed by atoms with E-state index in [1.165, 1.54) is 31.2 Å². The minimum Gasteiger partial charge on any atom is -0.426 e. The van der Waals surface area contributed by atoms with Crippen molar-refractivity contribution in [2.75, 3.05) is 0 Å². The van der Waals surface area contributed by atoms with Gasteiger partial charge in [0.05, 0.1) is 14.6 Å². The molecule has 0 fully saturated rings. The zero-order valence-electron chi connectivity index (χ0n) is 17.6. The summed E-state index contributed by atoms with van der Waals surface area (Å²) in [5.41, 5.74) is 1.61. The van der Waals surface area contributed by atoms with Gasteiger partial charge in [-0.3, -0.25) is 4.79 Å². The first-order valence-electron chi connectivity index (χ1n) is 9.84. The van der Waals surface area contributed by atoms with E-state index in [-0.39, 0.29) is 9.79 Å². The van der Waals surface area contributed by atoms with Crippen molar-refractivity contribution in [3.05, 3.63) is 53.6 Å². The van der Waals surface area contributed by atoms with Gasteiger partial charge in [-0.25, -0.2) is 12.6 Å². The van der Waals surface area contributed by atoms with Gasteiger partial charge in [0.15, 0.2) is 0 Å². The van der Waals surface area contributed by atoms with E-state index in [2.05, 4.69) is 16.9 Å². The summed E-state index contributed by atoms with van der Waals surface area (Å²) < 4.78 is 46.0. The third-order valence-corrected chi connectivity index (χ3v) is 8.40. The second-order valence-electron chi connectivity index (χ2n) is 7.25. The summed E-state index contributed by atoms with van der Waals surface area (Å²) in [5.74, 6) is 3.58. The number of aryl methyl sites for hydroxylation is 2. The summed E-state index contributed by atoms with van der Waals surface area (Å²) in [4.78, 5) is 11.7. The summed E-state index contributed by atoms with van der Waals surface area (Å²) in [5, 5.41) is 0. The van der Waals surface area contributed by atoms with Crippen molar-refractivity contribution in [2.45, 2.75) is 62.7 Å². The van der Waals surface area contributed by atoms with Crippen LogP contribution in [0, 0.1) is 6.92 Å². The number of nitrogens with one attached hydrogen (secondary N) is 1. The van der Waals surface area contributed by atoms with E-state index in [1.807, 2.05) is 6.92 Å². The summed E-state index contributed by atoms with van der Waals surface area (Å²) in [6.07, 6.45) is 4.69. The van der Waals surface area contributed by atoms with Crippen molar-refractivity contribution in [3.8, 4) is 5.75 Å². The number of ether oxygens (including phenoxy) is 1. The van der Waals surface area contributed by atoms with Gasteiger partial charge in [-0.05, 0) is 61.5 Å². The molecule has 0 aliphatic carbocycles. The average Bonchev–Trinajstić information content (AvgIpc) is 2.65. The number of rotatable bonds is 10. The topological polar surface area (TPSA) is 89.5 Å². The van der Waals surface area contributed by atoms with Crippen LogP contribution in [0.15, 0.2) is 52.3 Å². The van der Waals surface area contributed by atoms with Crippen LogP contribution in [0.4, 0.5) is 0 Å². The number of hydrogen-bond donors (Lipinski definition) is 1. The third-order valence-electron chi connectivity index (χ3n) is 4.54. The van der Waals surface area contributed by atoms with Crippen LogP contribution in [0.3, 0.4) is 0 Å². The van der Waals surface area contributed by atoms with Gasteiger partial charge in [-0.1, -0.05) is 43.9 Å². The summed E-state index contributed by atoms with van der Waals surface area (Å²) in [7, 11) is -7.38. The fourth-order valence-corrected chi connectivity index (χ4v) is 6.25. The maximum absolute atomic E-state index is 13.2. The Morgan fingerprint density at radius 1 is 1.00 bits per heavy atom. The first-order chi connectivity index (χ1) is 14.0. The van der Waals surface area contributed by atoms with E-state index in [1.54, 1.807) is 18.2 Å². The molecule has 30 heavy (non-hydrogen) atoms. The van der Waals surface area contributed by atoms with E-state index in [9.17, 15) is 17.4 Å². The quantitative estimate of drug-likeness (QED) is 0.255. The molecule has 1 atom stereocenters. The van der Waals surface area contributed by atoms with E-state index in [0.717, 1.165) is 31.2 Å². The van der Waals surface area contributed by atoms with Crippen LogP contribution in [-0.4, -0.2) is 24.5 Å². The van der Waals surface area contributed by atoms with Crippen LogP contribution < -0.4 is 8.86 Å². The van der Waals surface area contributed by atoms with E-state index < -0.39 is 25.7 Å². The Hall–Kier alpha value is -2.16. The number of hydrogen-bond acceptors (Lipinski definition) is 5. The smallest absolute Gasteiger partial charge is 0.308 e. The molecule has 0 radical (unpaired) electrons. The molecule has 0 amide bonds. The Balaban J connectivity index is 2.33. The van der Waals surface area contributed by atoms with Crippen LogP contribution in [0.1, 0.15) is 50.7 Å². The normalized spacial score (nSPS) is 13.6. The molecule has 0 aromatic heterocycles. The van der Waals surface area contributed by atoms with Gasteiger partial charge >= 0.3 is 5.97 Å². The molecule has 0 heterocycles. The SMILES string of the molecule is C=S(=O)(NS(=O)(=O)c1ccc(C)cc1)c1ccc(OC(C)=O)c(CCCCCC)c1. The zero-order chi connectivity index (χ0) is 22.4. The molecule has 0 spiro atoms. The number of benzene rings is 2. The van der Waals surface area contributed by atoms with Crippen LogP contribution in [0.2, 0.25) is 0 Å². The average molecular weight is 452 g/mol. The molecule has 8 heteroatoms. The summed E-state index contributed by atoms with van der Waals surface area (Å²) in [6, 6.07) is 10.9. The van der Waals surface area contributed by atoms with Gasteiger partial charge in [0, 0.05) is 11.8 Å². The largest absolute Gasteiger partial charge is 0.426 e. The Bertz CT molecular complexity index is 1090. The lowest BCUT2D eigenvalue weighted by Crippen LogP contribution is -2.30. The van der Waals surface area contributed by atoms with Crippen LogP contribution in [0.25, 0.3) is 0 Å². The van der Waals surface area contributed by atoms with Crippen molar-refractivity contribution in [3.63, 3.8) is 0 Å². The number of sulfonamides is 1. The number of unbranched alkanes of at least 4 members (excludes halogenated alkanes) is 3. The fraction of sp³-hybridized carbons (Fsp3) is 0.364. The molecule has 0 aliphatic heterocycles. The van der Waals surface area contributed by atoms with Gasteiger partial charge < -0.3 is 4.74 Å². The van der Waals surface area contributed by atoms with Crippen molar-refractivity contribution < 1.29 is 22.2 Å². The molecule has 164 valence electrons. The van der Waals surface area contributed by atoms with Gasteiger partial charge in [0.2, 0.25) is 0 Å². The van der Waals surface area contributed by atoms with Crippen LogP contribution >= 0.6 is 0 Å². The second kappa shape index (κ2) is 10.2. The number of esters is 1. The van der Waals surface area contributed by atoms with Crippen LogP contribution in [-0.2, 0) is 30.9 Å². The molecular weight excluding hydrogens is 422 g/mol. The van der Waals surface area contributed by atoms with Gasteiger partial charge in [0.1, 0.15) is 5.75 Å². The number of carbonyl (C=O) groups is 1. The van der Waals surface area contributed by atoms with Gasteiger partial charge in [0.25, 0.3) is 10.0 Å². The third kappa shape index (κ3) is 6.68. The minimum atomic E-state index is -4.02. The van der Waals surface area contributed by atoms with Gasteiger partial charge in [-0.15, -0.1) is 4.13 Å². The number of carbonyl (C=O) groups excluding carboxylic acids is 1. The Morgan fingerprint density at radius 2 is 1.63 bits per heavy atom. The van der Waals surface area contributed by atoms with E-state index in [0.29, 0.717) is 17.7 Å². The second-order valence-corrected chi connectivity index (χ2v) is 11.2. The lowest BCUT2D eigenvalue weighted by atomic mass is 10.1. The molecule has 6 nitrogen and oxygen atoms in total. The molecule has 1 unspecified atom stereocenters. The molecule has 2 aromatic rings. The molecule has 1 N–H and O–H groups in total. The predicted octanol–water partition coefficient (Wildman–Crippen LogP) is 4.01. The van der Waals surface area contributed by atoms with Gasteiger partial charge in [-0.2, -0.15) is 0 Å². The molecule has 2 aromatic carbocycles. The molecule has 0 bridgehead atoms. The first kappa shape index (κ1) is 24.1. The maximum atomic E-state index is 13.2. The maximum Gasteiger partial charge on any atom is 0.308 e. The summed E-state index contributed by atoms with van der Waals surface area (Å²) >= 11 is 0. The lowest BCUT2D eigenvalue weighted by Gasteiger charge is -2.15. The van der Waals surface area contributed by atoms with Crippen molar-refractivity contribution >= 4 is 31.6 Å². The highest BCUT2D eigenvalue weighted by molar-refractivity contribution is 8.09. The molecule has 0 saturated carbocycles. The van der Waals surface area contributed by atoms with Crippen molar-refractivity contribution in [2.24, 2.45) is 0 Å². The molecule has 0 saturated heterocycles. The Labute approximate surface area is 179 Å². The molecule has 0 aliphatic rings. The fourth-order valence-electron chi connectivity index (χ4n) is 2.94. The Kier molecular flexibility index (Phi) is 8.23. The van der Waals surface area contributed by atoms with E-state index >= 15 is 0 Å². The van der Waals surface area contributed by atoms with E-state index in [4.69, 9.17) is 4.74 Å². The highest BCUT2D eigenvalue weighted by Gasteiger charge is 2.21. The lowest BCUT2D eigenvalue weighted by molar-refractivity contribution is -0.131. The Morgan fingerprint density at radius 3 is 2.23 bits per heavy atom. The van der Waals surface area contributed by atoms with Crippen molar-refractivity contribution in [1.29, 1.82) is 0 Å². The minimum absolute atomic E-state index is 0.0146. The zero-order valence-corrected chi connectivity index (χ0v) is 19.3. The highest BCUT2D eigenvalue weighted by atomic mass is 32.3. The highest BCUT2D eigenvalue weighted by Crippen LogP contribution is 2.26. The molecule has 2 rings (SSSR count). The standard InChI is InChI=1S/C22H29NO5S2/c1-5-6-7-8-9-19-16-21(14-15-22(19)28-18(3)24)29(4,25)23-30(26,27)20-12-10-17(2)11-13-20/h10-16H,4-9H2,1-3H3,(H,23,25). The monoisotopic (exact) mass is 451 g/mol. The van der Waals surface area contributed by atoms with Crippen molar-refractivity contribution in [1.82, 2.24) is 4.13 Å². The van der Waals surface area contributed by atoms with Crippen LogP contribution in [0.5, 0.6) is 5.75 Å². The summed E-state index contributed by atoms with van der Waals surface area (Å²) in [6.45, 7) is 5.28. The molecular formula is C22H29NO5S2. The predicted molar refractivity (Wildman–Crippen MR) is 121 cm³/mol. The first-order valence-corrected chi connectivity index (χ1v) is 13.0.